The van der Waals surface area contributed by atoms with E-state index in [1.807, 2.05) is 73.7 Å². The normalized spacial score (nSPS) is 11.8. The van der Waals surface area contributed by atoms with Crippen LogP contribution in [0.4, 0.5) is 0 Å². The third-order valence-electron chi connectivity index (χ3n) is 4.71. The fraction of sp³-hybridized carbons (Fsp3) is 0.0909. The minimum atomic E-state index is -3.74. The average Bonchev–Trinajstić information content (AvgIpc) is 3.09. The van der Waals surface area contributed by atoms with Crippen LogP contribution in [0.15, 0.2) is 83.8 Å². The van der Waals surface area contributed by atoms with Crippen molar-refractivity contribution in [2.45, 2.75) is 18.4 Å². The second-order valence-corrected chi connectivity index (χ2v) is 8.36. The highest BCUT2D eigenvalue weighted by molar-refractivity contribution is 7.90. The number of aromatic nitrogens is 1. The van der Waals surface area contributed by atoms with Crippen LogP contribution in [-0.4, -0.2) is 12.4 Å². The lowest BCUT2D eigenvalue weighted by Gasteiger charge is -2.13. The number of aryl methyl sites for hydroxylation is 1. The Labute approximate surface area is 158 Å². The van der Waals surface area contributed by atoms with Crippen LogP contribution < -0.4 is 5.73 Å². The Morgan fingerprint density at radius 2 is 1.56 bits per heavy atom. The molecule has 0 fully saturated rings. The van der Waals surface area contributed by atoms with Crippen LogP contribution in [0.1, 0.15) is 11.1 Å². The number of para-hydroxylation sites is 1. The third-order valence-corrected chi connectivity index (χ3v) is 6.45. The molecule has 0 bridgehead atoms. The van der Waals surface area contributed by atoms with E-state index in [4.69, 9.17) is 5.73 Å². The predicted molar refractivity (Wildman–Crippen MR) is 109 cm³/mol. The summed E-state index contributed by atoms with van der Waals surface area (Å²) in [6.07, 6.45) is 0. The zero-order valence-corrected chi connectivity index (χ0v) is 15.8. The van der Waals surface area contributed by atoms with Gasteiger partial charge in [0.15, 0.2) is 0 Å². The number of hydrogen-bond donors (Lipinski definition) is 1. The van der Waals surface area contributed by atoms with Gasteiger partial charge in [-0.25, -0.2) is 12.4 Å². The summed E-state index contributed by atoms with van der Waals surface area (Å²) in [7, 11) is -3.74. The molecular formula is C22H20N2O2S. The molecule has 2 N–H and O–H groups in total. The molecule has 3 aromatic carbocycles. The van der Waals surface area contributed by atoms with Gasteiger partial charge in [-0.2, -0.15) is 0 Å². The molecule has 5 heteroatoms. The van der Waals surface area contributed by atoms with Gasteiger partial charge in [-0.15, -0.1) is 0 Å². The molecule has 0 aliphatic carbocycles. The summed E-state index contributed by atoms with van der Waals surface area (Å²) in [6, 6.07) is 24.0. The number of benzene rings is 3. The molecule has 0 aliphatic rings. The number of nitrogens with zero attached hydrogens (tertiary/aromatic N) is 1. The van der Waals surface area contributed by atoms with Crippen LogP contribution in [-0.2, 0) is 16.6 Å². The molecule has 4 aromatic rings. The largest absolute Gasteiger partial charge is 0.326 e. The maximum Gasteiger partial charge on any atom is 0.268 e. The maximum absolute atomic E-state index is 13.5. The highest BCUT2D eigenvalue weighted by Gasteiger charge is 2.23. The summed E-state index contributed by atoms with van der Waals surface area (Å²) >= 11 is 0. The van der Waals surface area contributed by atoms with Gasteiger partial charge < -0.3 is 5.73 Å². The van der Waals surface area contributed by atoms with Gasteiger partial charge in [-0.3, -0.25) is 0 Å². The van der Waals surface area contributed by atoms with Crippen molar-refractivity contribution in [1.29, 1.82) is 0 Å². The lowest BCUT2D eigenvalue weighted by Crippen LogP contribution is -2.14. The maximum atomic E-state index is 13.5. The Morgan fingerprint density at radius 1 is 0.889 bits per heavy atom. The van der Waals surface area contributed by atoms with Crippen molar-refractivity contribution < 1.29 is 8.42 Å². The molecule has 0 unspecified atom stereocenters. The first kappa shape index (κ1) is 17.5. The first-order chi connectivity index (χ1) is 13.0. The predicted octanol–water partition coefficient (Wildman–Crippen LogP) is 4.31. The van der Waals surface area contributed by atoms with E-state index in [9.17, 15) is 8.42 Å². The van der Waals surface area contributed by atoms with Crippen molar-refractivity contribution in [3.8, 4) is 11.3 Å². The van der Waals surface area contributed by atoms with Crippen LogP contribution in [0.25, 0.3) is 22.2 Å². The van der Waals surface area contributed by atoms with Gasteiger partial charge in [-0.05, 0) is 42.3 Å². The smallest absolute Gasteiger partial charge is 0.268 e. The van der Waals surface area contributed by atoms with Gasteiger partial charge in [0.1, 0.15) is 0 Å². The summed E-state index contributed by atoms with van der Waals surface area (Å²) in [4.78, 5) is 0.272. The molecule has 0 aliphatic heterocycles. The van der Waals surface area contributed by atoms with E-state index in [1.165, 1.54) is 3.97 Å². The van der Waals surface area contributed by atoms with Crippen LogP contribution in [0, 0.1) is 6.92 Å². The van der Waals surface area contributed by atoms with E-state index in [1.54, 1.807) is 12.1 Å². The average molecular weight is 376 g/mol. The van der Waals surface area contributed by atoms with Gasteiger partial charge in [0.25, 0.3) is 10.0 Å². The fourth-order valence-electron chi connectivity index (χ4n) is 3.22. The first-order valence-electron chi connectivity index (χ1n) is 8.73. The molecule has 0 radical (unpaired) electrons. The van der Waals surface area contributed by atoms with Crippen LogP contribution in [0.5, 0.6) is 0 Å². The summed E-state index contributed by atoms with van der Waals surface area (Å²) in [6.45, 7) is 2.39. The van der Waals surface area contributed by atoms with Crippen LogP contribution in [0.3, 0.4) is 0 Å². The van der Waals surface area contributed by atoms with Crippen molar-refractivity contribution in [2.75, 3.05) is 0 Å². The highest BCUT2D eigenvalue weighted by atomic mass is 32.2. The van der Waals surface area contributed by atoms with Crippen molar-refractivity contribution in [3.63, 3.8) is 0 Å². The van der Waals surface area contributed by atoms with E-state index in [0.29, 0.717) is 17.8 Å². The van der Waals surface area contributed by atoms with E-state index in [-0.39, 0.29) is 4.90 Å². The highest BCUT2D eigenvalue weighted by Crippen LogP contribution is 2.32. The standard InChI is InChI=1S/C22H20N2O2S/c1-16-6-12-20(13-7-16)27(25,26)24-21-5-3-2-4-19(21)14-22(24)18-10-8-17(15-23)9-11-18/h2-14H,15,23H2,1H3. The molecule has 0 amide bonds. The Bertz CT molecular complexity index is 1210. The monoisotopic (exact) mass is 376 g/mol. The van der Waals surface area contributed by atoms with Crippen molar-refractivity contribution in [1.82, 2.24) is 3.97 Å². The topological polar surface area (TPSA) is 65.1 Å². The summed E-state index contributed by atoms with van der Waals surface area (Å²) in [5.41, 5.74) is 9.84. The van der Waals surface area contributed by atoms with Crippen molar-refractivity contribution in [2.24, 2.45) is 5.73 Å². The van der Waals surface area contributed by atoms with Gasteiger partial charge in [-0.1, -0.05) is 60.2 Å². The number of rotatable bonds is 4. The molecule has 136 valence electrons. The zero-order valence-electron chi connectivity index (χ0n) is 15.0. The van der Waals surface area contributed by atoms with Crippen LogP contribution in [0.2, 0.25) is 0 Å². The first-order valence-corrected chi connectivity index (χ1v) is 10.2. The summed E-state index contributed by atoms with van der Waals surface area (Å²) in [5.74, 6) is 0. The van der Waals surface area contributed by atoms with Gasteiger partial charge in [0, 0.05) is 11.9 Å². The molecule has 0 saturated heterocycles. The Kier molecular flexibility index (Phi) is 4.34. The number of fused-ring (bicyclic) bond motifs is 1. The minimum absolute atomic E-state index is 0.272. The zero-order chi connectivity index (χ0) is 19.0. The Hall–Kier alpha value is -2.89. The van der Waals surface area contributed by atoms with Gasteiger partial charge in [0.2, 0.25) is 0 Å². The van der Waals surface area contributed by atoms with Gasteiger partial charge in [0.05, 0.1) is 16.1 Å². The van der Waals surface area contributed by atoms with E-state index < -0.39 is 10.0 Å². The lowest BCUT2D eigenvalue weighted by atomic mass is 10.1. The Balaban J connectivity index is 1.99. The van der Waals surface area contributed by atoms with Crippen LogP contribution >= 0.6 is 0 Å². The Morgan fingerprint density at radius 3 is 2.22 bits per heavy atom. The summed E-state index contributed by atoms with van der Waals surface area (Å²) in [5, 5.41) is 0.881. The second-order valence-electron chi connectivity index (χ2n) is 6.57. The quantitative estimate of drug-likeness (QED) is 0.577. The second kappa shape index (κ2) is 6.68. The lowest BCUT2D eigenvalue weighted by molar-refractivity contribution is 0.589. The van der Waals surface area contributed by atoms with E-state index in [2.05, 4.69) is 0 Å². The fourth-order valence-corrected chi connectivity index (χ4v) is 4.75. The van der Waals surface area contributed by atoms with Crippen molar-refractivity contribution >= 4 is 20.9 Å². The minimum Gasteiger partial charge on any atom is -0.326 e. The molecule has 1 heterocycles. The molecule has 4 rings (SSSR count). The van der Waals surface area contributed by atoms with E-state index in [0.717, 1.165) is 22.1 Å². The molecular weight excluding hydrogens is 356 g/mol. The van der Waals surface area contributed by atoms with E-state index >= 15 is 0 Å². The molecule has 1 aromatic heterocycles. The molecule has 0 atom stereocenters. The number of hydrogen-bond acceptors (Lipinski definition) is 3. The molecule has 0 saturated carbocycles. The van der Waals surface area contributed by atoms with Gasteiger partial charge >= 0.3 is 0 Å². The van der Waals surface area contributed by atoms with Crippen molar-refractivity contribution in [3.05, 3.63) is 90.0 Å². The summed E-state index contributed by atoms with van der Waals surface area (Å²) < 4.78 is 28.4. The number of nitrogens with two attached hydrogens (primary N) is 1. The molecule has 4 nitrogen and oxygen atoms in total. The SMILES string of the molecule is Cc1ccc(S(=O)(=O)n2c(-c3ccc(CN)cc3)cc3ccccc32)cc1. The molecule has 0 spiro atoms. The third kappa shape index (κ3) is 3.05. The molecule has 27 heavy (non-hydrogen) atoms.